The van der Waals surface area contributed by atoms with Crippen LogP contribution in [0.3, 0.4) is 0 Å². The number of alkyl halides is 3. The van der Waals surface area contributed by atoms with E-state index in [0.717, 1.165) is 44.2 Å². The molecule has 8 nitrogen and oxygen atoms in total. The lowest BCUT2D eigenvalue weighted by atomic mass is 9.91. The number of amides is 3. The number of benzene rings is 1. The Hall–Kier alpha value is -2.98. The lowest BCUT2D eigenvalue weighted by Gasteiger charge is -2.41. The molecule has 1 aromatic rings. The van der Waals surface area contributed by atoms with Crippen molar-refractivity contribution in [1.29, 1.82) is 0 Å². The number of rotatable bonds is 7. The van der Waals surface area contributed by atoms with Crippen molar-refractivity contribution in [1.82, 2.24) is 10.2 Å². The van der Waals surface area contributed by atoms with Crippen LogP contribution >= 0.6 is 0 Å². The number of methoxy groups -OCH3 is 1. The number of hydrogen-bond donors (Lipinski definition) is 1. The largest absolute Gasteiger partial charge is 0.476 e. The molecule has 0 saturated heterocycles. The molecule has 0 radical (unpaired) electrons. The topological polar surface area (TPSA) is 88.2 Å². The molecule has 1 heterocycles. The molecular weight excluding hydrogens is 491 g/mol. The van der Waals surface area contributed by atoms with Gasteiger partial charge in [-0.2, -0.15) is 13.2 Å². The van der Waals surface area contributed by atoms with E-state index in [0.29, 0.717) is 0 Å². The number of ether oxygens (including phenoxy) is 2. The molecule has 1 aliphatic carbocycles. The summed E-state index contributed by atoms with van der Waals surface area (Å²) in [5.74, 6) is -1.33. The van der Waals surface area contributed by atoms with Gasteiger partial charge < -0.3 is 24.6 Å². The van der Waals surface area contributed by atoms with E-state index < -0.39 is 40.8 Å². The van der Waals surface area contributed by atoms with Crippen molar-refractivity contribution >= 4 is 23.6 Å². The first-order valence-electron chi connectivity index (χ1n) is 12.7. The summed E-state index contributed by atoms with van der Waals surface area (Å²) in [7, 11) is 1.20. The number of halogens is 3. The van der Waals surface area contributed by atoms with Gasteiger partial charge in [-0.05, 0) is 52.2 Å². The van der Waals surface area contributed by atoms with Crippen molar-refractivity contribution in [3.8, 4) is 5.75 Å². The average Bonchev–Trinajstić information content (AvgIpc) is 2.85. The summed E-state index contributed by atoms with van der Waals surface area (Å²) in [4.78, 5) is 41.5. The minimum atomic E-state index is -4.82. The van der Waals surface area contributed by atoms with Gasteiger partial charge in [0.15, 0.2) is 5.60 Å². The first kappa shape index (κ1) is 28.6. The van der Waals surface area contributed by atoms with Crippen molar-refractivity contribution in [2.24, 2.45) is 0 Å². The maximum absolute atomic E-state index is 14.3. The van der Waals surface area contributed by atoms with Crippen molar-refractivity contribution in [3.63, 3.8) is 0 Å². The number of fused-ring (bicyclic) bond motifs is 1. The first-order chi connectivity index (χ1) is 17.3. The number of carbonyl (C=O) groups excluding carboxylic acids is 3. The van der Waals surface area contributed by atoms with Gasteiger partial charge in [-0.15, -0.1) is 0 Å². The van der Waals surface area contributed by atoms with Gasteiger partial charge in [0.2, 0.25) is 0 Å². The molecule has 0 aromatic heterocycles. The average molecular weight is 528 g/mol. The highest BCUT2D eigenvalue weighted by molar-refractivity contribution is 6.05. The Morgan fingerprint density at radius 2 is 1.89 bits per heavy atom. The number of alkyl carbamates (subject to hydrolysis) is 1. The highest BCUT2D eigenvalue weighted by Crippen LogP contribution is 2.45. The highest BCUT2D eigenvalue weighted by Gasteiger charge is 2.46. The van der Waals surface area contributed by atoms with Crippen molar-refractivity contribution in [2.75, 3.05) is 25.1 Å². The van der Waals surface area contributed by atoms with Gasteiger partial charge in [0.25, 0.3) is 11.8 Å². The van der Waals surface area contributed by atoms with Crippen LogP contribution in [0.5, 0.6) is 5.75 Å². The zero-order valence-electron chi connectivity index (χ0n) is 22.0. The smallest absolute Gasteiger partial charge is 0.417 e. The quantitative estimate of drug-likeness (QED) is 0.531. The summed E-state index contributed by atoms with van der Waals surface area (Å²) in [6, 6.07) is 1.47. The van der Waals surface area contributed by atoms with Crippen molar-refractivity contribution in [2.45, 2.75) is 90.1 Å². The van der Waals surface area contributed by atoms with Crippen LogP contribution in [0.15, 0.2) is 12.1 Å². The fourth-order valence-corrected chi connectivity index (χ4v) is 5.06. The van der Waals surface area contributed by atoms with Crippen LogP contribution in [0.25, 0.3) is 0 Å². The van der Waals surface area contributed by atoms with Crippen LogP contribution in [-0.4, -0.2) is 60.7 Å². The molecule has 0 bridgehead atoms. The Balaban J connectivity index is 2.12. The number of anilines is 1. The lowest BCUT2D eigenvalue weighted by molar-refractivity contribution is -0.138. The molecule has 3 rings (SSSR count). The maximum atomic E-state index is 14.3. The van der Waals surface area contributed by atoms with Gasteiger partial charge in [0.1, 0.15) is 5.75 Å². The van der Waals surface area contributed by atoms with Crippen molar-refractivity contribution < 1.29 is 37.0 Å². The third-order valence-corrected chi connectivity index (χ3v) is 7.18. The fourth-order valence-electron chi connectivity index (χ4n) is 5.06. The summed E-state index contributed by atoms with van der Waals surface area (Å²) in [5.41, 5.74) is -2.96. The Labute approximate surface area is 215 Å². The van der Waals surface area contributed by atoms with Gasteiger partial charge in [0, 0.05) is 25.2 Å². The number of carbonyl (C=O) groups is 3. The van der Waals surface area contributed by atoms with Crippen molar-refractivity contribution in [3.05, 3.63) is 23.3 Å². The van der Waals surface area contributed by atoms with Crippen LogP contribution in [0.2, 0.25) is 0 Å². The monoisotopic (exact) mass is 527 g/mol. The standard InChI is InChI=1S/C26H36F3N3O5/c1-6-25(4)23(34)31(13-12-30-24(35)36-5)20-14-18(19(26(27,28)29)15-21(20)37-25)22(33)32(16(2)3)17-10-8-7-9-11-17/h14-17H,6-13H2,1-5H3,(H,30,35). The maximum Gasteiger partial charge on any atom is 0.417 e. The van der Waals surface area contributed by atoms with Crippen LogP contribution in [0, 0.1) is 0 Å². The number of nitrogens with zero attached hydrogens (tertiary/aromatic N) is 2. The van der Waals surface area contributed by atoms with E-state index in [4.69, 9.17) is 4.74 Å². The molecule has 11 heteroatoms. The van der Waals surface area contributed by atoms with E-state index in [9.17, 15) is 27.6 Å². The van der Waals surface area contributed by atoms with E-state index >= 15 is 0 Å². The molecule has 1 N–H and O–H groups in total. The Kier molecular flexibility index (Phi) is 8.64. The normalized spacial score (nSPS) is 20.4. The van der Waals surface area contributed by atoms with Gasteiger partial charge in [-0.3, -0.25) is 9.59 Å². The van der Waals surface area contributed by atoms with Gasteiger partial charge in [0.05, 0.1) is 23.9 Å². The van der Waals surface area contributed by atoms with Gasteiger partial charge in [-0.25, -0.2) is 4.79 Å². The second kappa shape index (κ2) is 11.2. The Morgan fingerprint density at radius 1 is 1.24 bits per heavy atom. The van der Waals surface area contributed by atoms with E-state index in [1.54, 1.807) is 25.7 Å². The lowest BCUT2D eigenvalue weighted by Crippen LogP contribution is -2.55. The third-order valence-electron chi connectivity index (χ3n) is 7.18. The minimum absolute atomic E-state index is 0.0118. The Bertz CT molecular complexity index is 1020. The second-order valence-corrected chi connectivity index (χ2v) is 10.0. The van der Waals surface area contributed by atoms with Gasteiger partial charge in [-0.1, -0.05) is 26.2 Å². The van der Waals surface area contributed by atoms with E-state index in [-0.39, 0.29) is 43.0 Å². The Morgan fingerprint density at radius 3 is 2.43 bits per heavy atom. The van der Waals surface area contributed by atoms with Crippen LogP contribution in [-0.2, 0) is 15.7 Å². The highest BCUT2D eigenvalue weighted by atomic mass is 19.4. The molecule has 1 fully saturated rings. The molecule has 1 unspecified atom stereocenters. The summed E-state index contributed by atoms with van der Waals surface area (Å²) in [5, 5.41) is 2.47. The summed E-state index contributed by atoms with van der Waals surface area (Å²) < 4.78 is 53.3. The molecule has 206 valence electrons. The molecule has 1 atom stereocenters. The van der Waals surface area contributed by atoms with Crippen LogP contribution in [0.1, 0.15) is 82.1 Å². The molecule has 1 aromatic carbocycles. The molecule has 1 aliphatic heterocycles. The third kappa shape index (κ3) is 5.96. The molecule has 37 heavy (non-hydrogen) atoms. The molecule has 1 saturated carbocycles. The SMILES string of the molecule is CCC1(C)Oc2cc(C(F)(F)F)c(C(=O)N(C(C)C)C3CCCCC3)cc2N(CCNC(=O)OC)C1=O. The van der Waals surface area contributed by atoms with E-state index in [2.05, 4.69) is 10.1 Å². The molecule has 2 aliphatic rings. The van der Waals surface area contributed by atoms with Crippen LogP contribution < -0.4 is 15.0 Å². The van der Waals surface area contributed by atoms with E-state index in [1.165, 1.54) is 18.9 Å². The van der Waals surface area contributed by atoms with Gasteiger partial charge >= 0.3 is 12.3 Å². The fraction of sp³-hybridized carbons (Fsp3) is 0.654. The molecule has 3 amide bonds. The molecular formula is C26H36F3N3O5. The zero-order valence-corrected chi connectivity index (χ0v) is 22.0. The number of hydrogen-bond acceptors (Lipinski definition) is 5. The predicted octanol–water partition coefficient (Wildman–Crippen LogP) is 5.14. The van der Waals surface area contributed by atoms with Crippen LogP contribution in [0.4, 0.5) is 23.7 Å². The second-order valence-electron chi connectivity index (χ2n) is 10.0. The summed E-state index contributed by atoms with van der Waals surface area (Å²) in [6.07, 6.45) is -0.990. The zero-order chi connectivity index (χ0) is 27.5. The predicted molar refractivity (Wildman–Crippen MR) is 132 cm³/mol. The molecule has 0 spiro atoms. The summed E-state index contributed by atoms with van der Waals surface area (Å²) in [6.45, 7) is 6.73. The number of nitrogens with one attached hydrogen (secondary N) is 1. The minimum Gasteiger partial charge on any atom is -0.476 e. The summed E-state index contributed by atoms with van der Waals surface area (Å²) >= 11 is 0. The first-order valence-corrected chi connectivity index (χ1v) is 12.7. The van der Waals surface area contributed by atoms with E-state index in [1.807, 2.05) is 0 Å².